The van der Waals surface area contributed by atoms with Crippen molar-refractivity contribution in [2.75, 3.05) is 6.54 Å². The van der Waals surface area contributed by atoms with Gasteiger partial charge in [0.05, 0.1) is 0 Å². The van der Waals surface area contributed by atoms with E-state index in [0.717, 1.165) is 14.5 Å². The first kappa shape index (κ1) is 11.3. The van der Waals surface area contributed by atoms with E-state index in [2.05, 4.69) is 41.9 Å². The van der Waals surface area contributed by atoms with Crippen molar-refractivity contribution in [1.82, 2.24) is 0 Å². The molecular formula is C9H7Br2N3. The summed E-state index contributed by atoms with van der Waals surface area (Å²) in [5.41, 5.74) is 9.12. The summed E-state index contributed by atoms with van der Waals surface area (Å²) < 4.78 is 2.03. The third-order valence-electron chi connectivity index (χ3n) is 1.51. The van der Waals surface area contributed by atoms with Crippen molar-refractivity contribution in [2.45, 2.75) is 0 Å². The Labute approximate surface area is 98.7 Å². The molecule has 0 unspecified atom stereocenters. The molecule has 14 heavy (non-hydrogen) atoms. The Balaban J connectivity index is 2.79. The van der Waals surface area contributed by atoms with E-state index >= 15 is 0 Å². The van der Waals surface area contributed by atoms with Gasteiger partial charge < -0.3 is 0 Å². The molecule has 0 heterocycles. The van der Waals surface area contributed by atoms with Gasteiger partial charge in [-0.2, -0.15) is 0 Å². The van der Waals surface area contributed by atoms with Crippen LogP contribution in [0.15, 0.2) is 38.3 Å². The van der Waals surface area contributed by atoms with Crippen LogP contribution in [0, 0.1) is 0 Å². The Morgan fingerprint density at radius 2 is 2.21 bits per heavy atom. The standard InChI is InChI=1S/C9H7Br2N3/c10-8-3-4-9(11)7(6-8)2-1-5-13-14-12/h1-4,6H,5H2. The second kappa shape index (κ2) is 5.86. The Morgan fingerprint density at radius 3 is 2.93 bits per heavy atom. The molecule has 0 bridgehead atoms. The lowest BCUT2D eigenvalue weighted by molar-refractivity contribution is 1.22. The number of hydrogen-bond donors (Lipinski definition) is 0. The summed E-state index contributed by atoms with van der Waals surface area (Å²) in [5, 5.41) is 3.41. The minimum Gasteiger partial charge on any atom is -0.0899 e. The number of azide groups is 1. The van der Waals surface area contributed by atoms with Crippen molar-refractivity contribution < 1.29 is 0 Å². The zero-order chi connectivity index (χ0) is 10.4. The molecule has 0 saturated carbocycles. The van der Waals surface area contributed by atoms with Crippen LogP contribution in [0.4, 0.5) is 0 Å². The highest BCUT2D eigenvalue weighted by molar-refractivity contribution is 9.11. The van der Waals surface area contributed by atoms with E-state index in [4.69, 9.17) is 5.53 Å². The van der Waals surface area contributed by atoms with Crippen LogP contribution in [0.5, 0.6) is 0 Å². The highest BCUT2D eigenvalue weighted by Crippen LogP contribution is 2.22. The fourth-order valence-electron chi connectivity index (χ4n) is 0.906. The number of hydrogen-bond acceptors (Lipinski definition) is 1. The fourth-order valence-corrected chi connectivity index (χ4v) is 1.66. The highest BCUT2D eigenvalue weighted by atomic mass is 79.9. The normalized spacial score (nSPS) is 10.1. The summed E-state index contributed by atoms with van der Waals surface area (Å²) in [7, 11) is 0. The lowest BCUT2D eigenvalue weighted by Gasteiger charge is -1.98. The monoisotopic (exact) mass is 315 g/mol. The van der Waals surface area contributed by atoms with Gasteiger partial charge >= 0.3 is 0 Å². The van der Waals surface area contributed by atoms with Gasteiger partial charge in [-0.1, -0.05) is 49.1 Å². The first-order chi connectivity index (χ1) is 6.74. The van der Waals surface area contributed by atoms with E-state index in [1.807, 2.05) is 30.4 Å². The Kier molecular flexibility index (Phi) is 4.73. The predicted molar refractivity (Wildman–Crippen MR) is 64.9 cm³/mol. The molecule has 0 aliphatic carbocycles. The topological polar surface area (TPSA) is 48.8 Å². The first-order valence-corrected chi connectivity index (χ1v) is 5.45. The van der Waals surface area contributed by atoms with Crippen LogP contribution < -0.4 is 0 Å². The lowest BCUT2D eigenvalue weighted by Crippen LogP contribution is -1.76. The first-order valence-electron chi connectivity index (χ1n) is 3.86. The van der Waals surface area contributed by atoms with Gasteiger partial charge in [0.15, 0.2) is 0 Å². The number of halogens is 2. The minimum atomic E-state index is 0.370. The SMILES string of the molecule is [N-]=[N+]=NCC=Cc1cc(Br)ccc1Br. The van der Waals surface area contributed by atoms with Gasteiger partial charge in [-0.15, -0.1) is 0 Å². The maximum atomic E-state index is 8.07. The third kappa shape index (κ3) is 3.54. The number of nitrogens with zero attached hydrogens (tertiary/aromatic N) is 3. The molecule has 0 radical (unpaired) electrons. The van der Waals surface area contributed by atoms with E-state index in [9.17, 15) is 0 Å². The summed E-state index contributed by atoms with van der Waals surface area (Å²) in [5.74, 6) is 0. The van der Waals surface area contributed by atoms with Gasteiger partial charge in [-0.25, -0.2) is 0 Å². The molecule has 0 fully saturated rings. The molecule has 3 nitrogen and oxygen atoms in total. The molecule has 72 valence electrons. The van der Waals surface area contributed by atoms with Gasteiger partial charge in [-0.05, 0) is 29.3 Å². The molecule has 0 N–H and O–H groups in total. The highest BCUT2D eigenvalue weighted by Gasteiger charge is 1.95. The summed E-state index contributed by atoms with van der Waals surface area (Å²) in [4.78, 5) is 2.66. The molecule has 5 heteroatoms. The van der Waals surface area contributed by atoms with Gasteiger partial charge in [-0.3, -0.25) is 0 Å². The van der Waals surface area contributed by atoms with Crippen molar-refractivity contribution in [2.24, 2.45) is 5.11 Å². The molecule has 0 spiro atoms. The second-order valence-corrected chi connectivity index (χ2v) is 4.25. The van der Waals surface area contributed by atoms with E-state index in [-0.39, 0.29) is 0 Å². The van der Waals surface area contributed by atoms with Crippen LogP contribution in [0.3, 0.4) is 0 Å². The number of benzene rings is 1. The molecule has 0 aliphatic rings. The molecule has 0 aliphatic heterocycles. The van der Waals surface area contributed by atoms with Crippen molar-refractivity contribution >= 4 is 37.9 Å². The van der Waals surface area contributed by atoms with Crippen LogP contribution in [0.25, 0.3) is 16.5 Å². The molecule has 1 aromatic rings. The molecule has 0 atom stereocenters. The quantitative estimate of drug-likeness (QED) is 0.447. The van der Waals surface area contributed by atoms with Crippen molar-refractivity contribution in [3.8, 4) is 0 Å². The van der Waals surface area contributed by atoms with Gasteiger partial charge in [0.1, 0.15) is 0 Å². The second-order valence-electron chi connectivity index (χ2n) is 2.48. The van der Waals surface area contributed by atoms with Crippen LogP contribution in [0.1, 0.15) is 5.56 Å². The van der Waals surface area contributed by atoms with Crippen molar-refractivity contribution in [3.63, 3.8) is 0 Å². The largest absolute Gasteiger partial charge is 0.0899 e. The summed E-state index contributed by atoms with van der Waals surface area (Å²) in [6, 6.07) is 5.89. The van der Waals surface area contributed by atoms with Crippen LogP contribution in [0.2, 0.25) is 0 Å². The minimum absolute atomic E-state index is 0.370. The third-order valence-corrected chi connectivity index (χ3v) is 2.72. The Bertz CT molecular complexity index is 395. The van der Waals surface area contributed by atoms with Gasteiger partial charge in [0.25, 0.3) is 0 Å². The maximum Gasteiger partial charge on any atom is 0.0443 e. The Morgan fingerprint density at radius 1 is 1.43 bits per heavy atom. The lowest BCUT2D eigenvalue weighted by atomic mass is 10.2. The zero-order valence-electron chi connectivity index (χ0n) is 7.19. The predicted octanol–water partition coefficient (Wildman–Crippen LogP) is 4.54. The van der Waals surface area contributed by atoms with E-state index < -0.39 is 0 Å². The zero-order valence-corrected chi connectivity index (χ0v) is 10.4. The molecule has 0 saturated heterocycles. The fraction of sp³-hybridized carbons (Fsp3) is 0.111. The number of rotatable bonds is 3. The van der Waals surface area contributed by atoms with E-state index in [1.165, 1.54) is 0 Å². The average Bonchev–Trinajstić information content (AvgIpc) is 2.18. The average molecular weight is 317 g/mol. The molecule has 1 rings (SSSR count). The Hall–Kier alpha value is -0.770. The molecule has 0 aromatic heterocycles. The van der Waals surface area contributed by atoms with Gasteiger partial charge in [0.2, 0.25) is 0 Å². The van der Waals surface area contributed by atoms with Crippen LogP contribution in [-0.2, 0) is 0 Å². The molecule has 1 aromatic carbocycles. The van der Waals surface area contributed by atoms with Gasteiger partial charge in [0, 0.05) is 20.4 Å². The smallest absolute Gasteiger partial charge is 0.0443 e. The maximum absolute atomic E-state index is 8.07. The van der Waals surface area contributed by atoms with Crippen molar-refractivity contribution in [1.29, 1.82) is 0 Å². The van der Waals surface area contributed by atoms with E-state index in [0.29, 0.717) is 6.54 Å². The summed E-state index contributed by atoms with van der Waals surface area (Å²) in [6.45, 7) is 0.370. The molecular weight excluding hydrogens is 310 g/mol. The summed E-state index contributed by atoms with van der Waals surface area (Å²) >= 11 is 6.81. The van der Waals surface area contributed by atoms with Crippen LogP contribution in [-0.4, -0.2) is 6.54 Å². The van der Waals surface area contributed by atoms with E-state index in [1.54, 1.807) is 0 Å². The van der Waals surface area contributed by atoms with Crippen LogP contribution >= 0.6 is 31.9 Å². The van der Waals surface area contributed by atoms with Crippen molar-refractivity contribution in [3.05, 3.63) is 49.2 Å². The summed E-state index contributed by atoms with van der Waals surface area (Å²) in [6.07, 6.45) is 3.72. The molecule has 0 amide bonds.